The van der Waals surface area contributed by atoms with Crippen LogP contribution in [0.2, 0.25) is 0 Å². The molecule has 0 radical (unpaired) electrons. The molecule has 0 spiro atoms. The summed E-state index contributed by atoms with van der Waals surface area (Å²) in [7, 11) is 3.06. The molecule has 0 atom stereocenters. The van der Waals surface area contributed by atoms with Gasteiger partial charge in [-0.1, -0.05) is 24.3 Å². The molecule has 0 heterocycles. The minimum Gasteiger partial charge on any atom is -0.423 e. The van der Waals surface area contributed by atoms with Gasteiger partial charge in [-0.15, -0.1) is 0 Å². The van der Waals surface area contributed by atoms with E-state index in [1.807, 2.05) is 0 Å². The van der Waals surface area contributed by atoms with Crippen molar-refractivity contribution < 1.29 is 28.6 Å². The number of benzene rings is 2. The Balaban J connectivity index is 2.06. The van der Waals surface area contributed by atoms with Crippen molar-refractivity contribution >= 4 is 18.5 Å². The minimum absolute atomic E-state index is 0.319. The summed E-state index contributed by atoms with van der Waals surface area (Å²) in [6.45, 7) is 0. The van der Waals surface area contributed by atoms with Crippen LogP contribution in [0.5, 0.6) is 5.75 Å². The first-order valence-electron chi connectivity index (χ1n) is 7.51. The van der Waals surface area contributed by atoms with Gasteiger partial charge in [0.2, 0.25) is 0 Å². The summed E-state index contributed by atoms with van der Waals surface area (Å²) in [6, 6.07) is 12.9. The highest BCUT2D eigenvalue weighted by Gasteiger charge is 2.13. The number of methoxy groups -OCH3 is 2. The van der Waals surface area contributed by atoms with E-state index in [1.54, 1.807) is 36.4 Å². The van der Waals surface area contributed by atoms with Crippen LogP contribution < -0.4 is 4.74 Å². The second-order valence-electron chi connectivity index (χ2n) is 5.18. The Labute approximate surface area is 145 Å². The Morgan fingerprint density at radius 3 is 1.84 bits per heavy atom. The van der Waals surface area contributed by atoms with Crippen LogP contribution in [0.25, 0.3) is 0 Å². The number of esters is 1. The molecule has 0 saturated carbocycles. The summed E-state index contributed by atoms with van der Waals surface area (Å²) in [5.74, 6) is -1.01. The van der Waals surface area contributed by atoms with Crippen molar-refractivity contribution in [2.45, 2.75) is 12.2 Å². The third-order valence-corrected chi connectivity index (χ3v) is 3.62. The fourth-order valence-electron chi connectivity index (χ4n) is 2.26. The summed E-state index contributed by atoms with van der Waals surface area (Å²) in [5.41, 5.74) is 1.69. The monoisotopic (exact) mass is 342 g/mol. The number of rotatable bonds is 8. The van der Waals surface area contributed by atoms with E-state index in [0.29, 0.717) is 29.4 Å². The van der Waals surface area contributed by atoms with Gasteiger partial charge in [0.05, 0.1) is 11.5 Å². The van der Waals surface area contributed by atoms with E-state index in [-0.39, 0.29) is 0 Å². The molecular formula is C19H18O6. The van der Waals surface area contributed by atoms with Crippen LogP contribution in [0.3, 0.4) is 0 Å². The van der Waals surface area contributed by atoms with E-state index in [0.717, 1.165) is 5.56 Å². The van der Waals surface area contributed by atoms with Gasteiger partial charge < -0.3 is 23.8 Å². The highest BCUT2D eigenvalue weighted by molar-refractivity contribution is 5.91. The van der Waals surface area contributed by atoms with Gasteiger partial charge in [-0.2, -0.15) is 0 Å². The maximum atomic E-state index is 12.2. The average Bonchev–Trinajstić information content (AvgIpc) is 2.65. The SMILES string of the molecule is COC(OC)c1ccc(C(=O)Oc2ccc(C(C=O)C=O)cc2)cc1. The molecule has 2 rings (SSSR count). The van der Waals surface area contributed by atoms with Gasteiger partial charge >= 0.3 is 5.97 Å². The lowest BCUT2D eigenvalue weighted by Crippen LogP contribution is -2.10. The Morgan fingerprint density at radius 1 is 0.840 bits per heavy atom. The number of hydrogen-bond donors (Lipinski definition) is 0. The topological polar surface area (TPSA) is 78.9 Å². The molecule has 0 fully saturated rings. The van der Waals surface area contributed by atoms with Gasteiger partial charge in [-0.25, -0.2) is 4.79 Å². The zero-order valence-electron chi connectivity index (χ0n) is 13.9. The summed E-state index contributed by atoms with van der Waals surface area (Å²) >= 11 is 0. The van der Waals surface area contributed by atoms with Crippen molar-refractivity contribution in [2.24, 2.45) is 0 Å². The lowest BCUT2D eigenvalue weighted by Gasteiger charge is -2.13. The Morgan fingerprint density at radius 2 is 1.36 bits per heavy atom. The third kappa shape index (κ3) is 4.59. The lowest BCUT2D eigenvalue weighted by atomic mass is 10.0. The Kier molecular flexibility index (Phi) is 6.56. The predicted octanol–water partition coefficient (Wildman–Crippen LogP) is 2.68. The predicted molar refractivity (Wildman–Crippen MR) is 89.5 cm³/mol. The smallest absolute Gasteiger partial charge is 0.343 e. The normalized spacial score (nSPS) is 10.7. The molecule has 0 aliphatic heterocycles. The number of ether oxygens (including phenoxy) is 3. The van der Waals surface area contributed by atoms with Gasteiger partial charge in [0.25, 0.3) is 0 Å². The number of hydrogen-bond acceptors (Lipinski definition) is 6. The molecule has 0 unspecified atom stereocenters. The third-order valence-electron chi connectivity index (χ3n) is 3.62. The van der Waals surface area contributed by atoms with Crippen molar-refractivity contribution in [1.29, 1.82) is 0 Å². The van der Waals surface area contributed by atoms with Crippen LogP contribution in [0.1, 0.15) is 33.7 Å². The van der Waals surface area contributed by atoms with Crippen LogP contribution in [-0.2, 0) is 19.1 Å². The van der Waals surface area contributed by atoms with Gasteiger partial charge in [-0.3, -0.25) is 0 Å². The molecule has 0 N–H and O–H groups in total. The minimum atomic E-state index is -0.813. The fraction of sp³-hybridized carbons (Fsp3) is 0.211. The van der Waals surface area contributed by atoms with Gasteiger partial charge in [0, 0.05) is 19.8 Å². The van der Waals surface area contributed by atoms with Crippen LogP contribution in [0.4, 0.5) is 0 Å². The second kappa shape index (κ2) is 8.86. The van der Waals surface area contributed by atoms with Crippen LogP contribution in [0, 0.1) is 0 Å². The highest BCUT2D eigenvalue weighted by Crippen LogP contribution is 2.20. The van der Waals surface area contributed by atoms with Crippen molar-refractivity contribution in [3.8, 4) is 5.75 Å². The number of aldehydes is 2. The Hall–Kier alpha value is -2.83. The summed E-state index contributed by atoms with van der Waals surface area (Å²) in [4.78, 5) is 33.7. The van der Waals surface area contributed by atoms with E-state index in [2.05, 4.69) is 0 Å². The first-order chi connectivity index (χ1) is 12.1. The zero-order valence-corrected chi connectivity index (χ0v) is 13.9. The lowest BCUT2D eigenvalue weighted by molar-refractivity contribution is -0.116. The largest absolute Gasteiger partial charge is 0.423 e. The summed E-state index contributed by atoms with van der Waals surface area (Å²) in [6.07, 6.45) is 0.618. The molecule has 2 aromatic rings. The van der Waals surface area contributed by atoms with E-state index < -0.39 is 18.2 Å². The van der Waals surface area contributed by atoms with Crippen molar-refractivity contribution in [3.63, 3.8) is 0 Å². The standard InChI is InChI=1S/C19H18O6/c1-23-19(24-2)15-5-3-14(4-6-15)18(22)25-17-9-7-13(8-10-17)16(11-20)12-21/h3-12,16,19H,1-2H3. The quantitative estimate of drug-likeness (QED) is 0.241. The molecule has 6 nitrogen and oxygen atoms in total. The van der Waals surface area contributed by atoms with Crippen LogP contribution in [-0.4, -0.2) is 32.8 Å². The van der Waals surface area contributed by atoms with E-state index in [1.165, 1.54) is 26.4 Å². The molecule has 6 heteroatoms. The molecule has 0 amide bonds. The highest BCUT2D eigenvalue weighted by atomic mass is 16.7. The molecule has 0 aliphatic rings. The average molecular weight is 342 g/mol. The van der Waals surface area contributed by atoms with Crippen molar-refractivity contribution in [3.05, 3.63) is 65.2 Å². The molecule has 0 bridgehead atoms. The summed E-state index contributed by atoms with van der Waals surface area (Å²) < 4.78 is 15.6. The van der Waals surface area contributed by atoms with Crippen molar-refractivity contribution in [2.75, 3.05) is 14.2 Å². The van der Waals surface area contributed by atoms with E-state index in [9.17, 15) is 14.4 Å². The number of carbonyl (C=O) groups excluding carboxylic acids is 3. The van der Waals surface area contributed by atoms with Crippen molar-refractivity contribution in [1.82, 2.24) is 0 Å². The number of carbonyl (C=O) groups is 3. The molecule has 0 saturated heterocycles. The van der Waals surface area contributed by atoms with E-state index >= 15 is 0 Å². The maximum absolute atomic E-state index is 12.2. The molecule has 25 heavy (non-hydrogen) atoms. The molecule has 0 aliphatic carbocycles. The Bertz CT molecular complexity index is 709. The first-order valence-corrected chi connectivity index (χ1v) is 7.51. The van der Waals surface area contributed by atoms with Gasteiger partial charge in [0.15, 0.2) is 6.29 Å². The fourth-order valence-corrected chi connectivity index (χ4v) is 2.26. The zero-order chi connectivity index (χ0) is 18.2. The molecule has 2 aromatic carbocycles. The molecular weight excluding hydrogens is 324 g/mol. The summed E-state index contributed by atoms with van der Waals surface area (Å²) in [5, 5.41) is 0. The van der Waals surface area contributed by atoms with E-state index in [4.69, 9.17) is 14.2 Å². The molecule has 130 valence electrons. The van der Waals surface area contributed by atoms with Crippen LogP contribution in [0.15, 0.2) is 48.5 Å². The van der Waals surface area contributed by atoms with Gasteiger partial charge in [0.1, 0.15) is 18.3 Å². The first kappa shape index (κ1) is 18.5. The van der Waals surface area contributed by atoms with Crippen LogP contribution >= 0.6 is 0 Å². The second-order valence-corrected chi connectivity index (χ2v) is 5.18. The van der Waals surface area contributed by atoms with Gasteiger partial charge in [-0.05, 0) is 29.8 Å². The molecule has 0 aromatic heterocycles. The maximum Gasteiger partial charge on any atom is 0.343 e.